The van der Waals surface area contributed by atoms with Gasteiger partial charge in [0.2, 0.25) is 0 Å². The van der Waals surface area contributed by atoms with Crippen molar-refractivity contribution < 1.29 is 15.0 Å². The van der Waals surface area contributed by atoms with Crippen LogP contribution in [0.2, 0.25) is 0 Å². The van der Waals surface area contributed by atoms with Crippen molar-refractivity contribution in [3.8, 4) is 0 Å². The molecular weight excluding hydrogens is 244 g/mol. The first kappa shape index (κ1) is 14.8. The summed E-state index contributed by atoms with van der Waals surface area (Å²) in [5.41, 5.74) is 0. The van der Waals surface area contributed by atoms with Crippen LogP contribution < -0.4 is 0 Å². The van der Waals surface area contributed by atoms with Gasteiger partial charge in [-0.3, -0.25) is 14.6 Å². The van der Waals surface area contributed by atoms with Crippen molar-refractivity contribution in [1.82, 2.24) is 9.80 Å². The molecule has 2 rings (SSSR count). The minimum Gasteiger partial charge on any atom is -0.480 e. The SMILES string of the molecule is O=C(O)CN1CCN(CC(O)CC2CCCC2)CC1. The fourth-order valence-electron chi connectivity index (χ4n) is 3.32. The molecule has 1 heterocycles. The second kappa shape index (κ2) is 7.22. The number of rotatable bonds is 6. The highest BCUT2D eigenvalue weighted by atomic mass is 16.4. The Morgan fingerprint density at radius 1 is 1.11 bits per heavy atom. The molecule has 1 aliphatic heterocycles. The number of aliphatic carboxylic acids is 1. The van der Waals surface area contributed by atoms with Gasteiger partial charge in [-0.15, -0.1) is 0 Å². The van der Waals surface area contributed by atoms with Gasteiger partial charge in [0, 0.05) is 32.7 Å². The molecule has 5 nitrogen and oxygen atoms in total. The van der Waals surface area contributed by atoms with Crippen molar-refractivity contribution in [2.24, 2.45) is 5.92 Å². The molecule has 0 aromatic rings. The number of carbonyl (C=O) groups is 1. The molecule has 2 fully saturated rings. The number of aliphatic hydroxyl groups excluding tert-OH is 1. The molecule has 1 unspecified atom stereocenters. The van der Waals surface area contributed by atoms with Crippen LogP contribution in [0.15, 0.2) is 0 Å². The van der Waals surface area contributed by atoms with Gasteiger partial charge in [-0.2, -0.15) is 0 Å². The van der Waals surface area contributed by atoms with Gasteiger partial charge in [0.05, 0.1) is 12.6 Å². The summed E-state index contributed by atoms with van der Waals surface area (Å²) < 4.78 is 0. The highest BCUT2D eigenvalue weighted by Crippen LogP contribution is 2.28. The number of nitrogens with zero attached hydrogens (tertiary/aromatic N) is 2. The monoisotopic (exact) mass is 270 g/mol. The maximum Gasteiger partial charge on any atom is 0.317 e. The van der Waals surface area contributed by atoms with E-state index in [1.807, 2.05) is 4.90 Å². The van der Waals surface area contributed by atoms with Gasteiger partial charge in [0.25, 0.3) is 0 Å². The summed E-state index contributed by atoms with van der Waals surface area (Å²) in [4.78, 5) is 14.8. The Morgan fingerprint density at radius 3 is 2.26 bits per heavy atom. The average Bonchev–Trinajstić information content (AvgIpc) is 2.83. The zero-order valence-electron chi connectivity index (χ0n) is 11.6. The molecule has 2 aliphatic rings. The van der Waals surface area contributed by atoms with Crippen LogP contribution in [-0.4, -0.2) is 71.4 Å². The molecule has 5 heteroatoms. The third kappa shape index (κ3) is 5.09. The molecule has 1 aliphatic carbocycles. The Morgan fingerprint density at radius 2 is 1.68 bits per heavy atom. The molecule has 0 bridgehead atoms. The number of carboxylic acids is 1. The Hall–Kier alpha value is -0.650. The molecule has 110 valence electrons. The molecule has 0 amide bonds. The van der Waals surface area contributed by atoms with Gasteiger partial charge in [-0.05, 0) is 12.3 Å². The summed E-state index contributed by atoms with van der Waals surface area (Å²) in [7, 11) is 0. The highest BCUT2D eigenvalue weighted by Gasteiger charge is 2.23. The van der Waals surface area contributed by atoms with Gasteiger partial charge in [-0.1, -0.05) is 25.7 Å². The lowest BCUT2D eigenvalue weighted by Gasteiger charge is -2.35. The Labute approximate surface area is 115 Å². The number of piperazine rings is 1. The van der Waals surface area contributed by atoms with Crippen molar-refractivity contribution in [3.05, 3.63) is 0 Å². The van der Waals surface area contributed by atoms with Gasteiger partial charge >= 0.3 is 5.97 Å². The molecule has 0 aromatic heterocycles. The largest absolute Gasteiger partial charge is 0.480 e. The average molecular weight is 270 g/mol. The van der Waals surface area contributed by atoms with E-state index in [0.29, 0.717) is 0 Å². The van der Waals surface area contributed by atoms with Crippen molar-refractivity contribution in [2.75, 3.05) is 39.3 Å². The van der Waals surface area contributed by atoms with Crippen LogP contribution in [0.1, 0.15) is 32.1 Å². The number of carboxylic acid groups (broad SMARTS) is 1. The molecular formula is C14H26N2O3. The zero-order chi connectivity index (χ0) is 13.7. The third-order valence-electron chi connectivity index (χ3n) is 4.37. The van der Waals surface area contributed by atoms with E-state index in [-0.39, 0.29) is 12.6 Å². The first-order valence-electron chi connectivity index (χ1n) is 7.48. The molecule has 1 saturated carbocycles. The fraction of sp³-hybridized carbons (Fsp3) is 0.929. The summed E-state index contributed by atoms with van der Waals surface area (Å²) >= 11 is 0. The van der Waals surface area contributed by atoms with E-state index in [1.165, 1.54) is 25.7 Å². The van der Waals surface area contributed by atoms with Crippen LogP contribution in [0.4, 0.5) is 0 Å². The Bertz CT molecular complexity index is 284. The second-order valence-corrected chi connectivity index (χ2v) is 6.01. The normalized spacial score (nSPS) is 24.7. The van der Waals surface area contributed by atoms with Crippen LogP contribution in [0.25, 0.3) is 0 Å². The number of hydrogen-bond donors (Lipinski definition) is 2. The Balaban J connectivity index is 1.62. The van der Waals surface area contributed by atoms with E-state index in [0.717, 1.165) is 45.1 Å². The molecule has 1 saturated heterocycles. The van der Waals surface area contributed by atoms with Crippen molar-refractivity contribution in [1.29, 1.82) is 0 Å². The highest BCUT2D eigenvalue weighted by molar-refractivity contribution is 5.69. The first-order valence-corrected chi connectivity index (χ1v) is 7.48. The smallest absolute Gasteiger partial charge is 0.317 e. The van der Waals surface area contributed by atoms with Crippen molar-refractivity contribution in [2.45, 2.75) is 38.2 Å². The number of β-amino-alcohol motifs (C(OH)–C–C–N with tert-alkyl or cyclic N) is 1. The fourth-order valence-corrected chi connectivity index (χ4v) is 3.32. The predicted molar refractivity (Wildman–Crippen MR) is 73.1 cm³/mol. The first-order chi connectivity index (χ1) is 9.13. The summed E-state index contributed by atoms with van der Waals surface area (Å²) in [5.74, 6) is -0.0296. The van der Waals surface area contributed by atoms with E-state index in [1.54, 1.807) is 0 Å². The van der Waals surface area contributed by atoms with E-state index >= 15 is 0 Å². The summed E-state index contributed by atoms with van der Waals surface area (Å²) in [6, 6.07) is 0. The van der Waals surface area contributed by atoms with Crippen LogP contribution in [0.3, 0.4) is 0 Å². The third-order valence-corrected chi connectivity index (χ3v) is 4.37. The predicted octanol–water partition coefficient (Wildman–Crippen LogP) is 0.630. The summed E-state index contributed by atoms with van der Waals surface area (Å²) in [6.07, 6.45) is 5.94. The minimum atomic E-state index is -0.755. The lowest BCUT2D eigenvalue weighted by molar-refractivity contribution is -0.138. The quantitative estimate of drug-likeness (QED) is 0.741. The van der Waals surface area contributed by atoms with Gasteiger partial charge in [0.15, 0.2) is 0 Å². The molecule has 0 radical (unpaired) electrons. The number of aliphatic hydroxyl groups is 1. The van der Waals surface area contributed by atoms with Crippen molar-refractivity contribution >= 4 is 5.97 Å². The van der Waals surface area contributed by atoms with Crippen LogP contribution >= 0.6 is 0 Å². The molecule has 0 spiro atoms. The maximum absolute atomic E-state index is 10.6. The van der Waals surface area contributed by atoms with Crippen LogP contribution in [0.5, 0.6) is 0 Å². The number of hydrogen-bond acceptors (Lipinski definition) is 4. The van der Waals surface area contributed by atoms with Crippen LogP contribution in [0, 0.1) is 5.92 Å². The second-order valence-electron chi connectivity index (χ2n) is 6.01. The molecule has 2 N–H and O–H groups in total. The van der Waals surface area contributed by atoms with Gasteiger partial charge < -0.3 is 10.2 Å². The standard InChI is InChI=1S/C14H26N2O3/c17-13(9-12-3-1-2-4-12)10-15-5-7-16(8-6-15)11-14(18)19/h12-13,17H,1-11H2,(H,18,19). The topological polar surface area (TPSA) is 64.0 Å². The zero-order valence-corrected chi connectivity index (χ0v) is 11.6. The molecule has 0 aromatic carbocycles. The summed E-state index contributed by atoms with van der Waals surface area (Å²) in [5, 5.41) is 18.9. The molecule has 1 atom stereocenters. The van der Waals surface area contributed by atoms with Crippen molar-refractivity contribution in [3.63, 3.8) is 0 Å². The van der Waals surface area contributed by atoms with Gasteiger partial charge in [0.1, 0.15) is 0 Å². The lowest BCUT2D eigenvalue weighted by atomic mass is 10.00. The Kier molecular flexibility index (Phi) is 5.60. The van der Waals surface area contributed by atoms with E-state index < -0.39 is 5.97 Å². The molecule has 19 heavy (non-hydrogen) atoms. The van der Waals surface area contributed by atoms with E-state index in [9.17, 15) is 9.90 Å². The van der Waals surface area contributed by atoms with E-state index in [2.05, 4.69) is 4.90 Å². The van der Waals surface area contributed by atoms with E-state index in [4.69, 9.17) is 5.11 Å². The van der Waals surface area contributed by atoms with Crippen LogP contribution in [-0.2, 0) is 4.79 Å². The van der Waals surface area contributed by atoms with Gasteiger partial charge in [-0.25, -0.2) is 0 Å². The maximum atomic E-state index is 10.6. The minimum absolute atomic E-state index is 0.137. The summed E-state index contributed by atoms with van der Waals surface area (Å²) in [6.45, 7) is 4.21. The lowest BCUT2D eigenvalue weighted by Crippen LogP contribution is -2.49.